The Balaban J connectivity index is 1.86. The van der Waals surface area contributed by atoms with Gasteiger partial charge in [-0.15, -0.1) is 0 Å². The van der Waals surface area contributed by atoms with Crippen molar-refractivity contribution in [2.24, 2.45) is 16.6 Å². The number of benzene rings is 1. The fourth-order valence-electron chi connectivity index (χ4n) is 4.72. The largest absolute Gasteiger partial charge is 0.387 e. The van der Waals surface area contributed by atoms with Crippen LogP contribution in [0.3, 0.4) is 0 Å². The lowest BCUT2D eigenvalue weighted by molar-refractivity contribution is -0.138. The molecule has 1 aromatic carbocycles. The van der Waals surface area contributed by atoms with Gasteiger partial charge in [0.1, 0.15) is 17.7 Å². The number of likely N-dealkylation sites (N-methyl/N-ethyl adjacent to an activating group) is 1. The van der Waals surface area contributed by atoms with Gasteiger partial charge in [-0.1, -0.05) is 26.5 Å². The van der Waals surface area contributed by atoms with Crippen molar-refractivity contribution in [1.29, 1.82) is 0 Å². The average Bonchev–Trinajstić information content (AvgIpc) is 3.47. The number of halogens is 1. The molecule has 3 rings (SSSR count). The first-order valence-corrected chi connectivity index (χ1v) is 12.6. The van der Waals surface area contributed by atoms with Crippen molar-refractivity contribution in [3.63, 3.8) is 0 Å². The second-order valence-corrected chi connectivity index (χ2v) is 9.94. The lowest BCUT2D eigenvalue weighted by Gasteiger charge is -2.32. The van der Waals surface area contributed by atoms with Crippen LogP contribution in [0.4, 0.5) is 10.1 Å². The van der Waals surface area contributed by atoms with Gasteiger partial charge >= 0.3 is 0 Å². The average molecular weight is 499 g/mol. The monoisotopic (exact) mass is 498 g/mol. The molecule has 4 N–H and O–H groups in total. The summed E-state index contributed by atoms with van der Waals surface area (Å²) in [5.74, 6) is 0.224. The Morgan fingerprint density at radius 2 is 2.00 bits per heavy atom. The first-order valence-electron chi connectivity index (χ1n) is 12.6. The molecular formula is C27H39FN6O2. The number of amidine groups is 1. The maximum Gasteiger partial charge on any atom is 0.245 e. The van der Waals surface area contributed by atoms with E-state index >= 15 is 0 Å². The molecule has 36 heavy (non-hydrogen) atoms. The Hall–Kier alpha value is -3.20. The van der Waals surface area contributed by atoms with Gasteiger partial charge in [0.05, 0.1) is 17.9 Å². The minimum absolute atomic E-state index is 0.0772. The number of nitrogens with two attached hydrogens (primary N) is 1. The maximum absolute atomic E-state index is 14.0. The van der Waals surface area contributed by atoms with Gasteiger partial charge in [0, 0.05) is 18.8 Å². The highest BCUT2D eigenvalue weighted by atomic mass is 19.1. The van der Waals surface area contributed by atoms with Gasteiger partial charge < -0.3 is 26.2 Å². The SMILES string of the molecule is C=C(/C=C(\N=C(\C)N)N1CCc2ccc(F)cc21)C1CCCN1C(=O)C(NC(=O)C(C)NC)C(C)C. The molecule has 1 fully saturated rings. The van der Waals surface area contributed by atoms with E-state index in [1.807, 2.05) is 29.7 Å². The summed E-state index contributed by atoms with van der Waals surface area (Å²) in [7, 11) is 1.71. The number of amides is 2. The summed E-state index contributed by atoms with van der Waals surface area (Å²) in [4.78, 5) is 34.4. The number of rotatable bonds is 9. The Kier molecular flexibility index (Phi) is 8.89. The third kappa shape index (κ3) is 6.13. The summed E-state index contributed by atoms with van der Waals surface area (Å²) in [5.41, 5.74) is 8.47. The van der Waals surface area contributed by atoms with Gasteiger partial charge in [-0.25, -0.2) is 9.38 Å². The number of fused-ring (bicyclic) bond motifs is 1. The number of carbonyl (C=O) groups excluding carboxylic acids is 2. The van der Waals surface area contributed by atoms with Crippen molar-refractivity contribution in [2.75, 3.05) is 25.0 Å². The number of hydrogen-bond acceptors (Lipinski definition) is 5. The van der Waals surface area contributed by atoms with Crippen LogP contribution in [0.2, 0.25) is 0 Å². The maximum atomic E-state index is 14.0. The van der Waals surface area contributed by atoms with E-state index < -0.39 is 12.1 Å². The van der Waals surface area contributed by atoms with Crippen molar-refractivity contribution >= 4 is 23.3 Å². The third-order valence-corrected chi connectivity index (χ3v) is 6.85. The fraction of sp³-hybridized carbons (Fsp3) is 0.519. The van der Waals surface area contributed by atoms with Gasteiger partial charge in [0.15, 0.2) is 0 Å². The molecule has 0 spiro atoms. The van der Waals surface area contributed by atoms with E-state index in [9.17, 15) is 14.0 Å². The summed E-state index contributed by atoms with van der Waals surface area (Å²) in [6, 6.07) is 3.50. The van der Waals surface area contributed by atoms with Gasteiger partial charge in [-0.2, -0.15) is 0 Å². The summed E-state index contributed by atoms with van der Waals surface area (Å²) >= 11 is 0. The van der Waals surface area contributed by atoms with Crippen LogP contribution in [-0.2, 0) is 16.0 Å². The first kappa shape index (κ1) is 27.4. The molecule has 2 heterocycles. The minimum atomic E-state index is -0.636. The smallest absolute Gasteiger partial charge is 0.245 e. The lowest BCUT2D eigenvalue weighted by atomic mass is 10.00. The standard InChI is InChI=1S/C27H39FN6O2/c1-16(2)25(32-26(35)18(4)30-6)27(36)34-12-7-8-22(34)17(3)14-24(31-19(5)29)33-13-11-20-9-10-21(28)15-23(20)33/h9-10,14-16,18,22,25,30H,3,7-8,11-13H2,1-2,4-6H3,(H2,29,31)(H,32,35)/b24-14+. The predicted molar refractivity (Wildman–Crippen MR) is 142 cm³/mol. The third-order valence-electron chi connectivity index (χ3n) is 6.85. The van der Waals surface area contributed by atoms with Gasteiger partial charge in [-0.05, 0) is 75.4 Å². The summed E-state index contributed by atoms with van der Waals surface area (Å²) in [6.45, 7) is 12.8. The van der Waals surface area contributed by atoms with Crippen molar-refractivity contribution in [3.05, 3.63) is 53.6 Å². The summed E-state index contributed by atoms with van der Waals surface area (Å²) < 4.78 is 14.0. The highest BCUT2D eigenvalue weighted by Gasteiger charge is 2.37. The predicted octanol–water partition coefficient (Wildman–Crippen LogP) is 2.70. The molecule has 0 saturated carbocycles. The lowest BCUT2D eigenvalue weighted by Crippen LogP contribution is -2.55. The molecule has 0 aromatic heterocycles. The Bertz CT molecular complexity index is 1060. The Morgan fingerprint density at radius 3 is 2.64 bits per heavy atom. The normalized spacial score (nSPS) is 19.9. The summed E-state index contributed by atoms with van der Waals surface area (Å²) in [5, 5.41) is 5.82. The molecule has 2 amide bonds. The van der Waals surface area contributed by atoms with Gasteiger partial charge in [0.2, 0.25) is 11.8 Å². The molecule has 1 saturated heterocycles. The quantitative estimate of drug-likeness (QED) is 0.276. The highest BCUT2D eigenvalue weighted by molar-refractivity contribution is 5.90. The second-order valence-electron chi connectivity index (χ2n) is 9.94. The van der Waals surface area contributed by atoms with Crippen molar-refractivity contribution in [3.8, 4) is 0 Å². The molecule has 2 aliphatic rings. The summed E-state index contributed by atoms with van der Waals surface area (Å²) in [6.07, 6.45) is 4.21. The zero-order valence-electron chi connectivity index (χ0n) is 22.0. The van der Waals surface area contributed by atoms with Crippen LogP contribution >= 0.6 is 0 Å². The van der Waals surface area contributed by atoms with E-state index in [-0.39, 0.29) is 29.6 Å². The van der Waals surface area contributed by atoms with E-state index in [0.717, 1.165) is 36.1 Å². The molecule has 0 aliphatic carbocycles. The number of likely N-dealkylation sites (tertiary alicyclic amines) is 1. The molecule has 0 radical (unpaired) electrons. The van der Waals surface area contributed by atoms with E-state index in [1.54, 1.807) is 27.0 Å². The van der Waals surface area contributed by atoms with Crippen LogP contribution < -0.4 is 21.3 Å². The number of nitrogens with zero attached hydrogens (tertiary/aromatic N) is 3. The van der Waals surface area contributed by atoms with E-state index in [0.29, 0.717) is 24.7 Å². The van der Waals surface area contributed by atoms with Gasteiger partial charge in [0.25, 0.3) is 0 Å². The topological polar surface area (TPSA) is 103 Å². The minimum Gasteiger partial charge on any atom is -0.387 e. The molecule has 2 aliphatic heterocycles. The fourth-order valence-corrected chi connectivity index (χ4v) is 4.72. The van der Waals surface area contributed by atoms with Crippen molar-refractivity contribution in [1.82, 2.24) is 15.5 Å². The zero-order valence-corrected chi connectivity index (χ0v) is 22.0. The highest BCUT2D eigenvalue weighted by Crippen LogP contribution is 2.34. The number of aliphatic imine (C=N–C) groups is 1. The molecular weight excluding hydrogens is 459 g/mol. The van der Waals surface area contributed by atoms with E-state index in [1.165, 1.54) is 12.1 Å². The molecule has 3 unspecified atom stereocenters. The van der Waals surface area contributed by atoms with Crippen LogP contribution in [0, 0.1) is 11.7 Å². The van der Waals surface area contributed by atoms with Crippen molar-refractivity contribution in [2.45, 2.75) is 65.1 Å². The molecule has 3 atom stereocenters. The number of anilines is 1. The number of carbonyl (C=O) groups is 2. The molecule has 1 aromatic rings. The molecule has 0 bridgehead atoms. The molecule has 196 valence electrons. The van der Waals surface area contributed by atoms with Crippen LogP contribution in [0.1, 0.15) is 46.1 Å². The van der Waals surface area contributed by atoms with Crippen LogP contribution in [0.25, 0.3) is 0 Å². The zero-order chi connectivity index (χ0) is 26.6. The molecule has 9 heteroatoms. The van der Waals surface area contributed by atoms with Crippen LogP contribution in [-0.4, -0.2) is 60.8 Å². The molecule has 8 nitrogen and oxygen atoms in total. The van der Waals surface area contributed by atoms with Crippen molar-refractivity contribution < 1.29 is 14.0 Å². The Labute approximate surface area is 213 Å². The van der Waals surface area contributed by atoms with E-state index in [2.05, 4.69) is 22.2 Å². The second kappa shape index (κ2) is 11.7. The van der Waals surface area contributed by atoms with E-state index in [4.69, 9.17) is 5.73 Å². The first-order chi connectivity index (χ1) is 17.0. The Morgan fingerprint density at radius 1 is 1.28 bits per heavy atom. The van der Waals surface area contributed by atoms with Crippen LogP contribution in [0.15, 0.2) is 47.2 Å². The number of nitrogens with one attached hydrogen (secondary N) is 2. The number of hydrogen-bond donors (Lipinski definition) is 3. The van der Waals surface area contributed by atoms with Crippen LogP contribution in [0.5, 0.6) is 0 Å². The van der Waals surface area contributed by atoms with Gasteiger partial charge in [-0.3, -0.25) is 9.59 Å².